The van der Waals surface area contributed by atoms with Crippen LogP contribution in [-0.4, -0.2) is 0 Å². The van der Waals surface area contributed by atoms with Crippen molar-refractivity contribution >= 4 is 0 Å². The lowest BCUT2D eigenvalue weighted by Crippen LogP contribution is -2.05. The Morgan fingerprint density at radius 1 is 0.300 bits per heavy atom. The summed E-state index contributed by atoms with van der Waals surface area (Å²) in [4.78, 5) is 0. The lowest BCUT2D eigenvalue weighted by atomic mass is 9.87. The molecule has 0 heterocycles. The fraction of sp³-hybridized carbons (Fsp3) is 0.850. The Bertz CT molecular complexity index is 615. The highest BCUT2D eigenvalue weighted by atomic mass is 14.2. The van der Waals surface area contributed by atoms with Gasteiger partial charge in [-0.15, -0.1) is 0 Å². The summed E-state index contributed by atoms with van der Waals surface area (Å²) in [5.41, 5.74) is 6.93. The lowest BCUT2D eigenvalue weighted by molar-refractivity contribution is 0.567. The third kappa shape index (κ3) is 20.2. The van der Waals surface area contributed by atoms with E-state index in [1.807, 2.05) is 0 Å². The van der Waals surface area contributed by atoms with Gasteiger partial charge in [0.25, 0.3) is 0 Å². The molecule has 0 aliphatic rings. The first-order valence-electron chi connectivity index (χ1n) is 18.9. The van der Waals surface area contributed by atoms with E-state index in [0.29, 0.717) is 0 Å². The van der Waals surface area contributed by atoms with Crippen LogP contribution >= 0.6 is 0 Å². The third-order valence-electron chi connectivity index (χ3n) is 9.19. The van der Waals surface area contributed by atoms with Crippen LogP contribution in [0.1, 0.15) is 217 Å². The average Bonchev–Trinajstić information content (AvgIpc) is 2.96. The maximum absolute atomic E-state index is 2.66. The molecule has 0 aromatic heterocycles. The topological polar surface area (TPSA) is 0 Å². The van der Waals surface area contributed by atoms with E-state index < -0.39 is 0 Å². The molecule has 0 atom stereocenters. The molecule has 40 heavy (non-hydrogen) atoms. The van der Waals surface area contributed by atoms with Gasteiger partial charge in [0.1, 0.15) is 0 Å². The SMILES string of the molecule is CCCCCCCCCCc1cc(CCCC)cc(CCCCCCCCCC)c1CCCCCCCCCC. The van der Waals surface area contributed by atoms with Crippen molar-refractivity contribution in [2.24, 2.45) is 0 Å². The van der Waals surface area contributed by atoms with Crippen molar-refractivity contribution in [3.63, 3.8) is 0 Å². The summed E-state index contributed by atoms with van der Waals surface area (Å²) in [7, 11) is 0. The quantitative estimate of drug-likeness (QED) is 0.0829. The van der Waals surface area contributed by atoms with Gasteiger partial charge in [0.05, 0.1) is 0 Å². The Labute approximate surface area is 254 Å². The molecule has 0 aliphatic carbocycles. The fourth-order valence-electron chi connectivity index (χ4n) is 6.50. The predicted molar refractivity (Wildman–Crippen MR) is 184 cm³/mol. The van der Waals surface area contributed by atoms with Gasteiger partial charge in [-0.3, -0.25) is 0 Å². The normalized spacial score (nSPS) is 11.5. The molecule has 0 nitrogen and oxygen atoms in total. The van der Waals surface area contributed by atoms with Crippen molar-refractivity contribution in [2.45, 2.75) is 220 Å². The van der Waals surface area contributed by atoms with Crippen LogP contribution in [-0.2, 0) is 25.7 Å². The number of unbranched alkanes of at least 4 members (excludes halogenated alkanes) is 22. The first-order valence-corrected chi connectivity index (χ1v) is 18.9. The van der Waals surface area contributed by atoms with Crippen LogP contribution in [0.2, 0.25) is 0 Å². The second-order valence-electron chi connectivity index (χ2n) is 13.2. The number of hydrogen-bond acceptors (Lipinski definition) is 0. The Morgan fingerprint density at radius 3 is 0.950 bits per heavy atom. The molecular weight excluding hydrogens is 480 g/mol. The van der Waals surface area contributed by atoms with Crippen molar-refractivity contribution in [1.82, 2.24) is 0 Å². The molecule has 0 N–H and O–H groups in total. The molecule has 1 rings (SSSR count). The van der Waals surface area contributed by atoms with Crippen LogP contribution in [0, 0.1) is 0 Å². The maximum atomic E-state index is 2.66. The molecular formula is C40H74. The summed E-state index contributed by atoms with van der Waals surface area (Å²) < 4.78 is 0. The Kier molecular flexibility index (Phi) is 26.4. The number of aryl methyl sites for hydroxylation is 3. The first kappa shape index (κ1) is 37.2. The Balaban J connectivity index is 2.76. The molecule has 0 fully saturated rings. The average molecular weight is 555 g/mol. The molecule has 234 valence electrons. The summed E-state index contributed by atoms with van der Waals surface area (Å²) in [6, 6.07) is 5.32. The van der Waals surface area contributed by atoms with E-state index in [1.165, 1.54) is 193 Å². The van der Waals surface area contributed by atoms with E-state index in [2.05, 4.69) is 39.8 Å². The second-order valence-corrected chi connectivity index (χ2v) is 13.2. The molecule has 0 bridgehead atoms. The van der Waals surface area contributed by atoms with Crippen LogP contribution in [0.25, 0.3) is 0 Å². The zero-order valence-electron chi connectivity index (χ0n) is 28.4. The zero-order chi connectivity index (χ0) is 28.9. The second kappa shape index (κ2) is 28.3. The van der Waals surface area contributed by atoms with Gasteiger partial charge in [0.15, 0.2) is 0 Å². The highest BCUT2D eigenvalue weighted by molar-refractivity contribution is 5.40. The summed E-state index contributed by atoms with van der Waals surface area (Å²) in [6.45, 7) is 9.31. The predicted octanol–water partition coefficient (Wildman–Crippen LogP) is 14.1. The number of benzene rings is 1. The molecule has 0 amide bonds. The number of rotatable bonds is 30. The van der Waals surface area contributed by atoms with Crippen LogP contribution in [0.3, 0.4) is 0 Å². The highest BCUT2D eigenvalue weighted by Crippen LogP contribution is 2.26. The van der Waals surface area contributed by atoms with E-state index in [1.54, 1.807) is 22.3 Å². The molecule has 0 radical (unpaired) electrons. The van der Waals surface area contributed by atoms with Crippen molar-refractivity contribution in [2.75, 3.05) is 0 Å². The molecule has 1 aromatic rings. The fourth-order valence-corrected chi connectivity index (χ4v) is 6.50. The van der Waals surface area contributed by atoms with E-state index in [9.17, 15) is 0 Å². The van der Waals surface area contributed by atoms with Gasteiger partial charge in [0, 0.05) is 0 Å². The summed E-state index contributed by atoms with van der Waals surface area (Å²) in [6.07, 6.45) is 42.1. The molecule has 0 saturated heterocycles. The molecule has 0 heteroatoms. The third-order valence-corrected chi connectivity index (χ3v) is 9.19. The maximum Gasteiger partial charge on any atom is -0.0273 e. The highest BCUT2D eigenvalue weighted by Gasteiger charge is 2.12. The molecule has 0 spiro atoms. The van der Waals surface area contributed by atoms with E-state index in [0.717, 1.165) is 0 Å². The van der Waals surface area contributed by atoms with Gasteiger partial charge in [-0.25, -0.2) is 0 Å². The largest absolute Gasteiger partial charge is 0.0654 e. The minimum atomic E-state index is 1.28. The molecule has 1 aromatic carbocycles. The van der Waals surface area contributed by atoms with E-state index in [-0.39, 0.29) is 0 Å². The summed E-state index contributed by atoms with van der Waals surface area (Å²) in [5, 5.41) is 0. The van der Waals surface area contributed by atoms with Gasteiger partial charge in [-0.2, -0.15) is 0 Å². The molecule has 0 aliphatic heterocycles. The van der Waals surface area contributed by atoms with Gasteiger partial charge >= 0.3 is 0 Å². The van der Waals surface area contributed by atoms with Crippen LogP contribution in [0.5, 0.6) is 0 Å². The minimum Gasteiger partial charge on any atom is -0.0654 e. The standard InChI is InChI=1S/C40H74/c1-5-9-13-16-19-22-25-28-32-38-35-37(31-12-8-4)36-39(33-29-26-23-20-17-14-10-6-2)40(38)34-30-27-24-21-18-15-11-7-3/h35-36H,5-34H2,1-4H3. The van der Waals surface area contributed by atoms with E-state index in [4.69, 9.17) is 0 Å². The van der Waals surface area contributed by atoms with Gasteiger partial charge in [0.2, 0.25) is 0 Å². The lowest BCUT2D eigenvalue weighted by Gasteiger charge is -2.18. The van der Waals surface area contributed by atoms with Crippen molar-refractivity contribution in [3.8, 4) is 0 Å². The number of hydrogen-bond donors (Lipinski definition) is 0. The Hall–Kier alpha value is -0.780. The van der Waals surface area contributed by atoms with Crippen LogP contribution < -0.4 is 0 Å². The van der Waals surface area contributed by atoms with Crippen molar-refractivity contribution in [1.29, 1.82) is 0 Å². The Morgan fingerprint density at radius 2 is 0.600 bits per heavy atom. The van der Waals surface area contributed by atoms with Gasteiger partial charge in [-0.05, 0) is 73.6 Å². The van der Waals surface area contributed by atoms with Gasteiger partial charge < -0.3 is 0 Å². The first-order chi connectivity index (χ1) is 19.8. The zero-order valence-corrected chi connectivity index (χ0v) is 28.4. The summed E-state index contributed by atoms with van der Waals surface area (Å²) >= 11 is 0. The molecule has 0 saturated carbocycles. The van der Waals surface area contributed by atoms with Crippen molar-refractivity contribution in [3.05, 3.63) is 34.4 Å². The van der Waals surface area contributed by atoms with E-state index >= 15 is 0 Å². The van der Waals surface area contributed by atoms with Crippen molar-refractivity contribution < 1.29 is 0 Å². The van der Waals surface area contributed by atoms with Crippen LogP contribution in [0.15, 0.2) is 12.1 Å². The summed E-state index contributed by atoms with van der Waals surface area (Å²) in [5.74, 6) is 0. The smallest absolute Gasteiger partial charge is 0.0273 e. The molecule has 0 unspecified atom stereocenters. The van der Waals surface area contributed by atoms with Crippen LogP contribution in [0.4, 0.5) is 0 Å². The monoisotopic (exact) mass is 555 g/mol. The van der Waals surface area contributed by atoms with Gasteiger partial charge in [-0.1, -0.05) is 181 Å². The minimum absolute atomic E-state index is 1.28.